The third-order valence-corrected chi connectivity index (χ3v) is 3.02. The summed E-state index contributed by atoms with van der Waals surface area (Å²) in [5, 5.41) is 0.579. The van der Waals surface area contributed by atoms with Gasteiger partial charge >= 0.3 is 6.09 Å². The average Bonchev–Trinajstić information content (AvgIpc) is 2.68. The summed E-state index contributed by atoms with van der Waals surface area (Å²) in [6.45, 7) is 0.557. The lowest BCUT2D eigenvalue weighted by Gasteiger charge is -2.08. The van der Waals surface area contributed by atoms with Gasteiger partial charge in [-0.25, -0.2) is 9.78 Å². The van der Waals surface area contributed by atoms with Crippen LogP contribution in [0.25, 0.3) is 11.0 Å². The van der Waals surface area contributed by atoms with Crippen molar-refractivity contribution in [3.8, 4) is 0 Å². The number of ether oxygens (including phenoxy) is 1. The van der Waals surface area contributed by atoms with Crippen LogP contribution in [0.3, 0.4) is 0 Å². The summed E-state index contributed by atoms with van der Waals surface area (Å²) in [6.07, 6.45) is -0.807. The number of fused-ring (bicyclic) bond motifs is 1. The van der Waals surface area contributed by atoms with Crippen LogP contribution in [0.5, 0.6) is 0 Å². The number of aromatic nitrogens is 2. The van der Waals surface area contributed by atoms with Gasteiger partial charge in [0.1, 0.15) is 12.4 Å². The van der Waals surface area contributed by atoms with E-state index in [1.54, 1.807) is 6.07 Å². The molecule has 0 bridgehead atoms. The number of imidazole rings is 1. The van der Waals surface area contributed by atoms with Gasteiger partial charge in [-0.2, -0.15) is 0 Å². The average molecular weight is 288 g/mol. The topological polar surface area (TPSA) is 70.1 Å². The molecule has 0 saturated carbocycles. The first-order valence-corrected chi connectivity index (χ1v) is 6.16. The molecule has 18 heavy (non-hydrogen) atoms. The highest BCUT2D eigenvalue weighted by Crippen LogP contribution is 2.25. The zero-order valence-electron chi connectivity index (χ0n) is 9.40. The summed E-state index contributed by atoms with van der Waals surface area (Å²) >= 11 is 12.0. The van der Waals surface area contributed by atoms with Crippen molar-refractivity contribution in [1.82, 2.24) is 9.55 Å². The number of nitrogens with zero attached hydrogens (tertiary/aromatic N) is 2. The minimum atomic E-state index is -0.807. The second kappa shape index (κ2) is 5.46. The normalized spacial score (nSPS) is 10.8. The number of benzene rings is 1. The van der Waals surface area contributed by atoms with Crippen LogP contribution < -0.4 is 5.73 Å². The van der Waals surface area contributed by atoms with E-state index in [-0.39, 0.29) is 12.5 Å². The zero-order chi connectivity index (χ0) is 13.1. The maximum atomic E-state index is 10.5. The Morgan fingerprint density at radius 3 is 2.94 bits per heavy atom. The SMILES string of the molecule is NC(=O)OCCn1c(CCl)nc2cccc(Cl)c21. The first kappa shape index (κ1) is 13.0. The van der Waals surface area contributed by atoms with Gasteiger partial charge in [-0.15, -0.1) is 11.6 Å². The van der Waals surface area contributed by atoms with E-state index in [0.717, 1.165) is 11.0 Å². The summed E-state index contributed by atoms with van der Waals surface area (Å²) in [4.78, 5) is 14.9. The molecular weight excluding hydrogens is 277 g/mol. The molecule has 1 aromatic heterocycles. The molecule has 1 aromatic carbocycles. The van der Waals surface area contributed by atoms with E-state index >= 15 is 0 Å². The fourth-order valence-electron chi connectivity index (χ4n) is 1.77. The van der Waals surface area contributed by atoms with Crippen LogP contribution in [0, 0.1) is 0 Å². The fraction of sp³-hybridized carbons (Fsp3) is 0.273. The van der Waals surface area contributed by atoms with Gasteiger partial charge in [-0.3, -0.25) is 0 Å². The molecule has 0 radical (unpaired) electrons. The van der Waals surface area contributed by atoms with Crippen molar-refractivity contribution < 1.29 is 9.53 Å². The molecule has 0 fully saturated rings. The Labute approximate surface area is 113 Å². The first-order valence-electron chi connectivity index (χ1n) is 5.25. The van der Waals surface area contributed by atoms with Crippen LogP contribution >= 0.6 is 23.2 Å². The number of primary amides is 1. The Balaban J connectivity index is 2.37. The van der Waals surface area contributed by atoms with Gasteiger partial charge in [0, 0.05) is 0 Å². The van der Waals surface area contributed by atoms with Crippen molar-refractivity contribution in [2.75, 3.05) is 6.61 Å². The summed E-state index contributed by atoms with van der Waals surface area (Å²) in [7, 11) is 0. The van der Waals surface area contributed by atoms with E-state index in [4.69, 9.17) is 33.7 Å². The van der Waals surface area contributed by atoms with Gasteiger partial charge in [0.25, 0.3) is 0 Å². The molecule has 0 saturated heterocycles. The third kappa shape index (κ3) is 2.52. The molecule has 0 aliphatic rings. The number of nitrogens with two attached hydrogens (primary N) is 1. The summed E-state index contributed by atoms with van der Waals surface area (Å²) in [5.74, 6) is 0.925. The predicted molar refractivity (Wildman–Crippen MR) is 69.8 cm³/mol. The Bertz CT molecular complexity index is 583. The molecule has 2 N–H and O–H groups in total. The quantitative estimate of drug-likeness (QED) is 0.879. The largest absolute Gasteiger partial charge is 0.448 e. The zero-order valence-corrected chi connectivity index (χ0v) is 10.9. The van der Waals surface area contributed by atoms with Gasteiger partial charge in [-0.05, 0) is 12.1 Å². The number of alkyl halides is 1. The highest BCUT2D eigenvalue weighted by Gasteiger charge is 2.12. The Kier molecular flexibility index (Phi) is 3.93. The van der Waals surface area contributed by atoms with Gasteiger partial charge in [0.05, 0.1) is 28.5 Å². The van der Waals surface area contributed by atoms with Crippen molar-refractivity contribution in [1.29, 1.82) is 0 Å². The molecule has 5 nitrogen and oxygen atoms in total. The Morgan fingerprint density at radius 2 is 2.28 bits per heavy atom. The minimum Gasteiger partial charge on any atom is -0.448 e. The molecule has 7 heteroatoms. The van der Waals surface area contributed by atoms with E-state index in [2.05, 4.69) is 4.98 Å². The number of hydrogen-bond acceptors (Lipinski definition) is 3. The van der Waals surface area contributed by atoms with E-state index < -0.39 is 6.09 Å². The summed E-state index contributed by atoms with van der Waals surface area (Å²) in [5.41, 5.74) is 6.45. The predicted octanol–water partition coefficient (Wildman–Crippen LogP) is 2.52. The molecule has 0 aliphatic heterocycles. The number of para-hydroxylation sites is 1. The van der Waals surface area contributed by atoms with Crippen molar-refractivity contribution in [3.63, 3.8) is 0 Å². The number of rotatable bonds is 4. The molecule has 0 aliphatic carbocycles. The van der Waals surface area contributed by atoms with Crippen molar-refractivity contribution in [2.24, 2.45) is 5.73 Å². The highest BCUT2D eigenvalue weighted by molar-refractivity contribution is 6.35. The van der Waals surface area contributed by atoms with Crippen LogP contribution in [0.2, 0.25) is 5.02 Å². The molecule has 2 rings (SSSR count). The number of carbonyl (C=O) groups excluding carboxylic acids is 1. The molecular formula is C11H11Cl2N3O2. The van der Waals surface area contributed by atoms with Crippen LogP contribution in [0.15, 0.2) is 18.2 Å². The second-order valence-corrected chi connectivity index (χ2v) is 4.26. The van der Waals surface area contributed by atoms with Gasteiger partial charge in [0.2, 0.25) is 0 Å². The Morgan fingerprint density at radius 1 is 1.50 bits per heavy atom. The van der Waals surface area contributed by atoms with Gasteiger partial charge < -0.3 is 15.0 Å². The van der Waals surface area contributed by atoms with Crippen molar-refractivity contribution >= 4 is 40.3 Å². The van der Waals surface area contributed by atoms with Crippen LogP contribution in [-0.2, 0) is 17.2 Å². The van der Waals surface area contributed by atoms with Crippen LogP contribution in [-0.4, -0.2) is 22.3 Å². The van der Waals surface area contributed by atoms with Crippen molar-refractivity contribution in [3.05, 3.63) is 29.0 Å². The molecule has 1 heterocycles. The lowest BCUT2D eigenvalue weighted by molar-refractivity contribution is 0.152. The number of hydrogen-bond donors (Lipinski definition) is 1. The lowest BCUT2D eigenvalue weighted by atomic mass is 10.3. The van der Waals surface area contributed by atoms with Crippen LogP contribution in [0.1, 0.15) is 5.82 Å². The molecule has 0 unspecified atom stereocenters. The highest BCUT2D eigenvalue weighted by atomic mass is 35.5. The van der Waals surface area contributed by atoms with E-state index in [1.807, 2.05) is 16.7 Å². The number of carbonyl (C=O) groups is 1. The molecule has 0 spiro atoms. The summed E-state index contributed by atoms with van der Waals surface area (Å²) < 4.78 is 6.53. The first-order chi connectivity index (χ1) is 8.63. The second-order valence-electron chi connectivity index (χ2n) is 3.59. The standard InChI is InChI=1S/C11H11Cl2N3O2/c12-6-9-15-8-3-1-2-7(13)10(8)16(9)4-5-18-11(14)17/h1-3H,4-6H2,(H2,14,17). The maximum absolute atomic E-state index is 10.5. The minimum absolute atomic E-state index is 0.149. The number of halogens is 2. The van der Waals surface area contributed by atoms with E-state index in [1.165, 1.54) is 0 Å². The molecule has 2 aromatic rings. The van der Waals surface area contributed by atoms with Crippen molar-refractivity contribution in [2.45, 2.75) is 12.4 Å². The maximum Gasteiger partial charge on any atom is 0.404 e. The molecule has 1 amide bonds. The van der Waals surface area contributed by atoms with Gasteiger partial charge in [-0.1, -0.05) is 17.7 Å². The number of amides is 1. The van der Waals surface area contributed by atoms with Gasteiger partial charge in [0.15, 0.2) is 0 Å². The smallest absolute Gasteiger partial charge is 0.404 e. The molecule has 96 valence electrons. The lowest BCUT2D eigenvalue weighted by Crippen LogP contribution is -2.17. The van der Waals surface area contributed by atoms with E-state index in [9.17, 15) is 4.79 Å². The summed E-state index contributed by atoms with van der Waals surface area (Å²) in [6, 6.07) is 5.44. The molecule has 0 atom stereocenters. The van der Waals surface area contributed by atoms with Crippen LogP contribution in [0.4, 0.5) is 4.79 Å². The Hall–Kier alpha value is -1.46. The van der Waals surface area contributed by atoms with E-state index in [0.29, 0.717) is 17.4 Å². The fourth-order valence-corrected chi connectivity index (χ4v) is 2.25. The third-order valence-electron chi connectivity index (χ3n) is 2.48. The monoisotopic (exact) mass is 287 g/mol.